The minimum Gasteiger partial charge on any atom is -0.398 e. The summed E-state index contributed by atoms with van der Waals surface area (Å²) < 4.78 is 2.07. The molecule has 2 N–H and O–H groups in total. The number of aromatic nitrogens is 3. The lowest BCUT2D eigenvalue weighted by atomic mass is 10.1. The average molecular weight is 299 g/mol. The number of imidazole rings is 1. The summed E-state index contributed by atoms with van der Waals surface area (Å²) in [5.74, 6) is 0. The molecule has 0 saturated carbocycles. The Morgan fingerprint density at radius 2 is 2.05 bits per heavy atom. The summed E-state index contributed by atoms with van der Waals surface area (Å²) in [4.78, 5) is 8.40. The van der Waals surface area contributed by atoms with E-state index >= 15 is 0 Å². The van der Waals surface area contributed by atoms with Crippen LogP contribution in [0.5, 0.6) is 0 Å². The predicted octanol–water partition coefficient (Wildman–Crippen LogP) is 3.79. The minimum atomic E-state index is 0.0980. The van der Waals surface area contributed by atoms with Crippen molar-refractivity contribution >= 4 is 17.3 Å². The first-order valence-corrected chi connectivity index (χ1v) is 7.02. The molecule has 2 heterocycles. The molecule has 4 nitrogen and oxygen atoms in total. The zero-order chi connectivity index (χ0) is 14.8. The first-order valence-electron chi connectivity index (χ1n) is 6.64. The van der Waals surface area contributed by atoms with Crippen molar-refractivity contribution in [1.82, 2.24) is 14.5 Å². The molecule has 0 bridgehead atoms. The molecule has 1 atom stereocenters. The molecule has 0 spiro atoms. The molecule has 21 heavy (non-hydrogen) atoms. The highest BCUT2D eigenvalue weighted by molar-refractivity contribution is 6.30. The van der Waals surface area contributed by atoms with Crippen LogP contribution in [-0.2, 0) is 0 Å². The minimum absolute atomic E-state index is 0.0980. The molecular weight excluding hydrogens is 284 g/mol. The maximum absolute atomic E-state index is 6.08. The molecule has 0 aliphatic rings. The maximum Gasteiger partial charge on any atom is 0.0956 e. The van der Waals surface area contributed by atoms with E-state index in [-0.39, 0.29) is 6.04 Å². The number of nitrogens with two attached hydrogens (primary N) is 1. The fourth-order valence-electron chi connectivity index (χ4n) is 2.37. The number of nitrogens with zero attached hydrogens (tertiary/aromatic N) is 3. The van der Waals surface area contributed by atoms with Crippen molar-refractivity contribution in [2.45, 2.75) is 13.0 Å². The standard InChI is InChI=1S/C16H15ClN4/c1-11(12-3-2-4-13(17)7-12)21-10-20-9-16(21)14-8-19-6-5-15(14)18/h2-11H,1H3,(H2,18,19). The number of hydrogen-bond donors (Lipinski definition) is 1. The van der Waals surface area contributed by atoms with Crippen LogP contribution >= 0.6 is 11.6 Å². The molecule has 0 saturated heterocycles. The predicted molar refractivity (Wildman–Crippen MR) is 85.1 cm³/mol. The summed E-state index contributed by atoms with van der Waals surface area (Å²) in [5.41, 5.74) is 9.66. The van der Waals surface area contributed by atoms with Crippen molar-refractivity contribution < 1.29 is 0 Å². The molecule has 0 aliphatic heterocycles. The van der Waals surface area contributed by atoms with Crippen LogP contribution in [0, 0.1) is 0 Å². The van der Waals surface area contributed by atoms with Crippen molar-refractivity contribution in [3.05, 3.63) is 65.8 Å². The Kier molecular flexibility index (Phi) is 3.62. The van der Waals surface area contributed by atoms with E-state index in [9.17, 15) is 0 Å². The van der Waals surface area contributed by atoms with Gasteiger partial charge in [0, 0.05) is 28.7 Å². The second-order valence-electron chi connectivity index (χ2n) is 4.88. The lowest BCUT2D eigenvalue weighted by molar-refractivity contribution is 0.644. The maximum atomic E-state index is 6.08. The van der Waals surface area contributed by atoms with E-state index in [0.29, 0.717) is 5.69 Å². The summed E-state index contributed by atoms with van der Waals surface area (Å²) >= 11 is 6.08. The number of halogens is 1. The first-order chi connectivity index (χ1) is 10.2. The number of benzene rings is 1. The summed E-state index contributed by atoms with van der Waals surface area (Å²) in [5, 5.41) is 0.724. The van der Waals surface area contributed by atoms with Crippen LogP contribution < -0.4 is 5.73 Å². The topological polar surface area (TPSA) is 56.7 Å². The molecule has 1 aromatic carbocycles. The van der Waals surface area contributed by atoms with Gasteiger partial charge in [-0.05, 0) is 30.7 Å². The Labute approximate surface area is 128 Å². The monoisotopic (exact) mass is 298 g/mol. The highest BCUT2D eigenvalue weighted by Gasteiger charge is 2.15. The quantitative estimate of drug-likeness (QED) is 0.800. The third-order valence-corrected chi connectivity index (χ3v) is 3.78. The number of hydrogen-bond acceptors (Lipinski definition) is 3. The number of rotatable bonds is 3. The van der Waals surface area contributed by atoms with Gasteiger partial charge in [0.05, 0.1) is 24.3 Å². The SMILES string of the molecule is CC(c1cccc(Cl)c1)n1cncc1-c1cnccc1N. The molecule has 3 rings (SSSR count). The summed E-state index contributed by atoms with van der Waals surface area (Å²) in [7, 11) is 0. The van der Waals surface area contributed by atoms with Crippen LogP contribution in [0.4, 0.5) is 5.69 Å². The number of nitrogen functional groups attached to an aromatic ring is 1. The molecule has 106 valence electrons. The molecule has 5 heteroatoms. The molecule has 2 aromatic heterocycles. The van der Waals surface area contributed by atoms with Crippen LogP contribution in [0.1, 0.15) is 18.5 Å². The second-order valence-corrected chi connectivity index (χ2v) is 5.32. The highest BCUT2D eigenvalue weighted by atomic mass is 35.5. The van der Waals surface area contributed by atoms with Gasteiger partial charge in [0.2, 0.25) is 0 Å². The Morgan fingerprint density at radius 1 is 1.19 bits per heavy atom. The van der Waals surface area contributed by atoms with Crippen LogP contribution in [0.25, 0.3) is 11.3 Å². The van der Waals surface area contributed by atoms with Crippen molar-refractivity contribution in [3.63, 3.8) is 0 Å². The van der Waals surface area contributed by atoms with Gasteiger partial charge in [-0.3, -0.25) is 4.98 Å². The van der Waals surface area contributed by atoms with Crippen molar-refractivity contribution in [3.8, 4) is 11.3 Å². The molecule has 0 aliphatic carbocycles. The van der Waals surface area contributed by atoms with Gasteiger partial charge in [0.15, 0.2) is 0 Å². The van der Waals surface area contributed by atoms with E-state index in [0.717, 1.165) is 21.8 Å². The Balaban J connectivity index is 2.05. The second kappa shape index (κ2) is 5.58. The van der Waals surface area contributed by atoms with E-state index in [1.54, 1.807) is 31.0 Å². The number of anilines is 1. The molecule has 0 radical (unpaired) electrons. The normalized spacial score (nSPS) is 12.3. The van der Waals surface area contributed by atoms with Gasteiger partial charge in [-0.1, -0.05) is 23.7 Å². The van der Waals surface area contributed by atoms with E-state index in [2.05, 4.69) is 21.5 Å². The summed E-state index contributed by atoms with van der Waals surface area (Å²) in [6.45, 7) is 2.10. The third kappa shape index (κ3) is 2.62. The summed E-state index contributed by atoms with van der Waals surface area (Å²) in [6, 6.07) is 9.71. The van der Waals surface area contributed by atoms with Crippen LogP contribution in [0.2, 0.25) is 5.02 Å². The zero-order valence-corrected chi connectivity index (χ0v) is 12.3. The van der Waals surface area contributed by atoms with E-state index in [1.807, 2.05) is 24.3 Å². The van der Waals surface area contributed by atoms with Crippen LogP contribution in [-0.4, -0.2) is 14.5 Å². The van der Waals surface area contributed by atoms with Crippen molar-refractivity contribution in [1.29, 1.82) is 0 Å². The Hall–Kier alpha value is -2.33. The zero-order valence-electron chi connectivity index (χ0n) is 11.6. The van der Waals surface area contributed by atoms with Crippen molar-refractivity contribution in [2.24, 2.45) is 0 Å². The van der Waals surface area contributed by atoms with Gasteiger partial charge < -0.3 is 10.3 Å². The van der Waals surface area contributed by atoms with Crippen molar-refractivity contribution in [2.75, 3.05) is 5.73 Å². The lowest BCUT2D eigenvalue weighted by Crippen LogP contribution is -2.08. The van der Waals surface area contributed by atoms with Gasteiger partial charge in [-0.2, -0.15) is 0 Å². The summed E-state index contributed by atoms with van der Waals surface area (Å²) in [6.07, 6.45) is 7.04. The molecule has 1 unspecified atom stereocenters. The van der Waals surface area contributed by atoms with Crippen LogP contribution in [0.3, 0.4) is 0 Å². The number of pyridine rings is 1. The van der Waals surface area contributed by atoms with Crippen LogP contribution in [0.15, 0.2) is 55.2 Å². The fraction of sp³-hybridized carbons (Fsp3) is 0.125. The van der Waals surface area contributed by atoms with Gasteiger partial charge in [-0.25, -0.2) is 4.98 Å². The smallest absolute Gasteiger partial charge is 0.0956 e. The fourth-order valence-corrected chi connectivity index (χ4v) is 2.57. The van der Waals surface area contributed by atoms with E-state index in [4.69, 9.17) is 17.3 Å². The van der Waals surface area contributed by atoms with E-state index in [1.165, 1.54) is 0 Å². The largest absolute Gasteiger partial charge is 0.398 e. The highest BCUT2D eigenvalue weighted by Crippen LogP contribution is 2.29. The van der Waals surface area contributed by atoms with Gasteiger partial charge >= 0.3 is 0 Å². The third-order valence-electron chi connectivity index (χ3n) is 3.55. The molecule has 3 aromatic rings. The Bertz CT molecular complexity index is 766. The average Bonchev–Trinajstić information content (AvgIpc) is 2.96. The van der Waals surface area contributed by atoms with Gasteiger partial charge in [-0.15, -0.1) is 0 Å². The molecular formula is C16H15ClN4. The lowest BCUT2D eigenvalue weighted by Gasteiger charge is -2.18. The molecule has 0 fully saturated rings. The van der Waals surface area contributed by atoms with Gasteiger partial charge in [0.25, 0.3) is 0 Å². The van der Waals surface area contributed by atoms with Gasteiger partial charge in [0.1, 0.15) is 0 Å². The first kappa shape index (κ1) is 13.6. The molecule has 0 amide bonds. The van der Waals surface area contributed by atoms with E-state index < -0.39 is 0 Å². The Morgan fingerprint density at radius 3 is 2.81 bits per heavy atom.